The Balaban J connectivity index is 1.69. The summed E-state index contributed by atoms with van der Waals surface area (Å²) in [6.07, 6.45) is 1.98. The molecule has 0 saturated carbocycles. The Morgan fingerprint density at radius 1 is 0.560 bits per heavy atom. The molecule has 0 aliphatic carbocycles. The van der Waals surface area contributed by atoms with Gasteiger partial charge in [0.2, 0.25) is 0 Å². The molecule has 0 radical (unpaired) electrons. The van der Waals surface area contributed by atoms with Gasteiger partial charge >= 0.3 is 0 Å². The Kier molecular flexibility index (Phi) is 10.2. The molecule has 22 heteroatoms. The van der Waals surface area contributed by atoms with Crippen molar-refractivity contribution in [3.05, 3.63) is 115 Å². The van der Waals surface area contributed by atoms with Gasteiger partial charge in [-0.3, -0.25) is 38.8 Å². The zero-order valence-corrected chi connectivity index (χ0v) is 28.7. The van der Waals surface area contributed by atoms with Crippen molar-refractivity contribution in [2.24, 2.45) is 0 Å². The lowest BCUT2D eigenvalue weighted by Gasteiger charge is -2.12. The number of hydrogen-bond donors (Lipinski definition) is 4. The highest BCUT2D eigenvalue weighted by molar-refractivity contribution is 7.93. The Labute approximate surface area is 285 Å². The Morgan fingerprint density at radius 3 is 1.20 bits per heavy atom. The van der Waals surface area contributed by atoms with Crippen LogP contribution >= 0.6 is 0 Å². The number of rotatable bonds is 12. The molecular weight excluding hydrogens is 745 g/mol. The topological polar surface area (TPSA) is 287 Å². The molecular formula is C28H24N4O14S4. The maximum absolute atomic E-state index is 12.9. The molecule has 0 heterocycles. The van der Waals surface area contributed by atoms with Gasteiger partial charge in [-0.25, -0.2) is 16.8 Å². The standard InChI is InChI=1S/C28H24N4O14S4/c1-17-3-11-23(15-25(17)31(33)34)47(37,38)29-21-9-7-19(27(13-21)49(41,42)43)5-6-20-8-10-22(14-28(20)50(44,45)46)30-48(39,40)24-12-4-18(2)26(16-24)32(35)36/h3-16,29-30H,1-2H3,(H,41,42,43)(H,44,45,46)/b6-5+. The number of nitro benzene ring substituents is 2. The first-order chi connectivity index (χ1) is 23.0. The molecule has 50 heavy (non-hydrogen) atoms. The highest BCUT2D eigenvalue weighted by atomic mass is 32.2. The van der Waals surface area contributed by atoms with Crippen LogP contribution in [0.15, 0.2) is 92.4 Å². The van der Waals surface area contributed by atoms with Crippen molar-refractivity contribution < 1.29 is 52.6 Å². The summed E-state index contributed by atoms with van der Waals surface area (Å²) in [5.74, 6) is 0. The van der Waals surface area contributed by atoms with Crippen LogP contribution in [0.2, 0.25) is 0 Å². The van der Waals surface area contributed by atoms with Gasteiger partial charge in [0.05, 0.1) is 31.0 Å². The predicted molar refractivity (Wildman–Crippen MR) is 179 cm³/mol. The summed E-state index contributed by atoms with van der Waals surface area (Å²) >= 11 is 0. The molecule has 0 aliphatic heterocycles. The van der Waals surface area contributed by atoms with Gasteiger partial charge in [-0.05, 0) is 61.4 Å². The molecule has 4 N–H and O–H groups in total. The first-order valence-corrected chi connectivity index (χ1v) is 19.3. The lowest BCUT2D eigenvalue weighted by Crippen LogP contribution is -2.14. The van der Waals surface area contributed by atoms with Crippen LogP contribution in [0.5, 0.6) is 0 Å². The normalized spacial score (nSPS) is 12.5. The number of hydrogen-bond acceptors (Lipinski definition) is 12. The van der Waals surface area contributed by atoms with Gasteiger partial charge in [-0.1, -0.05) is 36.4 Å². The first-order valence-electron chi connectivity index (χ1n) is 13.5. The van der Waals surface area contributed by atoms with E-state index in [0.29, 0.717) is 0 Å². The molecule has 18 nitrogen and oxygen atoms in total. The maximum atomic E-state index is 12.9. The van der Waals surface area contributed by atoms with Crippen LogP contribution in [0, 0.1) is 34.1 Å². The minimum Gasteiger partial charge on any atom is -0.282 e. The van der Waals surface area contributed by atoms with Crippen molar-refractivity contribution in [2.45, 2.75) is 33.4 Å². The molecule has 0 spiro atoms. The van der Waals surface area contributed by atoms with E-state index in [1.165, 1.54) is 26.0 Å². The Morgan fingerprint density at radius 2 is 0.900 bits per heavy atom. The van der Waals surface area contributed by atoms with Crippen LogP contribution in [0.25, 0.3) is 12.2 Å². The predicted octanol–water partition coefficient (Wildman–Crippen LogP) is 4.39. The van der Waals surface area contributed by atoms with Gasteiger partial charge in [0, 0.05) is 23.3 Å². The summed E-state index contributed by atoms with van der Waals surface area (Å²) in [7, 11) is -19.1. The fourth-order valence-electron chi connectivity index (χ4n) is 4.43. The molecule has 0 unspecified atom stereocenters. The van der Waals surface area contributed by atoms with Gasteiger partial charge in [-0.15, -0.1) is 0 Å². The van der Waals surface area contributed by atoms with Crippen LogP contribution in [0.1, 0.15) is 22.3 Å². The van der Waals surface area contributed by atoms with E-state index in [9.17, 15) is 63.0 Å². The zero-order chi connectivity index (χ0) is 37.4. The van der Waals surface area contributed by atoms with E-state index in [0.717, 1.165) is 72.8 Å². The zero-order valence-electron chi connectivity index (χ0n) is 25.4. The van der Waals surface area contributed by atoms with Gasteiger partial charge < -0.3 is 0 Å². The lowest BCUT2D eigenvalue weighted by atomic mass is 10.1. The number of nitro groups is 2. The van der Waals surface area contributed by atoms with Gasteiger partial charge in [0.15, 0.2) is 0 Å². The van der Waals surface area contributed by atoms with Crippen molar-refractivity contribution in [1.29, 1.82) is 0 Å². The molecule has 4 aromatic rings. The smallest absolute Gasteiger partial charge is 0.282 e. The molecule has 0 aromatic heterocycles. The number of nitrogens with one attached hydrogen (secondary N) is 2. The van der Waals surface area contributed by atoms with Crippen LogP contribution < -0.4 is 9.44 Å². The Hall–Kier alpha value is -5.26. The molecule has 0 bridgehead atoms. The highest BCUT2D eigenvalue weighted by Crippen LogP contribution is 2.30. The second-order valence-corrected chi connectivity index (χ2v) is 16.6. The van der Waals surface area contributed by atoms with E-state index < -0.39 is 81.1 Å². The summed E-state index contributed by atoms with van der Waals surface area (Å²) in [6, 6.07) is 11.8. The lowest BCUT2D eigenvalue weighted by molar-refractivity contribution is -0.385. The quantitative estimate of drug-likeness (QED) is 0.0673. The molecule has 0 atom stereocenters. The van der Waals surface area contributed by atoms with Crippen LogP contribution in [-0.4, -0.2) is 52.6 Å². The summed E-state index contributed by atoms with van der Waals surface area (Å²) < 4.78 is 124. The van der Waals surface area contributed by atoms with Crippen LogP contribution in [0.4, 0.5) is 22.7 Å². The molecule has 0 aliphatic rings. The highest BCUT2D eigenvalue weighted by Gasteiger charge is 2.24. The van der Waals surface area contributed by atoms with E-state index in [2.05, 4.69) is 9.44 Å². The van der Waals surface area contributed by atoms with Crippen molar-refractivity contribution >= 4 is 75.2 Å². The molecule has 4 aromatic carbocycles. The number of nitrogens with zero attached hydrogens (tertiary/aromatic N) is 2. The van der Waals surface area contributed by atoms with Gasteiger partial charge in [0.25, 0.3) is 51.7 Å². The number of sulfonamides is 2. The van der Waals surface area contributed by atoms with E-state index in [4.69, 9.17) is 0 Å². The monoisotopic (exact) mass is 768 g/mol. The third-order valence-electron chi connectivity index (χ3n) is 6.91. The van der Waals surface area contributed by atoms with Gasteiger partial charge in [0.1, 0.15) is 9.79 Å². The average molecular weight is 769 g/mol. The van der Waals surface area contributed by atoms with E-state index in [-0.39, 0.29) is 33.6 Å². The van der Waals surface area contributed by atoms with Crippen molar-refractivity contribution in [1.82, 2.24) is 0 Å². The van der Waals surface area contributed by atoms with E-state index in [1.807, 2.05) is 0 Å². The van der Waals surface area contributed by atoms with Crippen molar-refractivity contribution in [2.75, 3.05) is 9.44 Å². The maximum Gasteiger partial charge on any atom is 0.295 e. The van der Waals surface area contributed by atoms with Gasteiger partial charge in [-0.2, -0.15) is 16.8 Å². The number of aryl methyl sites for hydroxylation is 2. The molecule has 0 fully saturated rings. The summed E-state index contributed by atoms with van der Waals surface area (Å²) in [5.41, 5.74) is -1.97. The number of anilines is 2. The first kappa shape index (κ1) is 37.6. The molecule has 0 amide bonds. The SMILES string of the molecule is Cc1ccc(S(=O)(=O)Nc2ccc(/C=C/c3ccc(NS(=O)(=O)c4ccc(C)c([N+](=O)[O-])c4)cc3S(=O)(=O)O)c(S(=O)(=O)O)c2)cc1[N+](=O)[O-]. The Bertz CT molecular complexity index is 2380. The number of benzene rings is 4. The largest absolute Gasteiger partial charge is 0.295 e. The summed E-state index contributed by atoms with van der Waals surface area (Å²) in [6.45, 7) is 2.79. The summed E-state index contributed by atoms with van der Waals surface area (Å²) in [5, 5.41) is 22.5. The molecule has 264 valence electrons. The molecule has 0 saturated heterocycles. The minimum absolute atomic E-state index is 0.183. The van der Waals surface area contributed by atoms with E-state index >= 15 is 0 Å². The third kappa shape index (κ3) is 8.47. The second-order valence-electron chi connectivity index (χ2n) is 10.4. The second kappa shape index (κ2) is 13.6. The average Bonchev–Trinajstić information content (AvgIpc) is 2.99. The minimum atomic E-state index is -5.07. The fraction of sp³-hybridized carbons (Fsp3) is 0.0714. The summed E-state index contributed by atoms with van der Waals surface area (Å²) in [4.78, 5) is 18.2. The van der Waals surface area contributed by atoms with Crippen LogP contribution in [0.3, 0.4) is 0 Å². The fourth-order valence-corrected chi connectivity index (χ4v) is 7.99. The van der Waals surface area contributed by atoms with E-state index in [1.54, 1.807) is 0 Å². The van der Waals surface area contributed by atoms with Crippen molar-refractivity contribution in [3.63, 3.8) is 0 Å². The van der Waals surface area contributed by atoms with Crippen LogP contribution in [-0.2, 0) is 40.3 Å². The van der Waals surface area contributed by atoms with Crippen molar-refractivity contribution in [3.8, 4) is 0 Å². The third-order valence-corrected chi connectivity index (χ3v) is 11.5. The molecule has 4 rings (SSSR count).